The highest BCUT2D eigenvalue weighted by molar-refractivity contribution is 6.31. The van der Waals surface area contributed by atoms with Crippen LogP contribution in [0.1, 0.15) is 18.4 Å². The standard InChI is InChI=1S/C17H19ClN4O/c1-12-5-6-14(18)10-15(12)21-16(23)13-4-2-9-22(11-13)17-19-7-3-8-20-17/h3,5-8,10,13H,2,4,9,11H2,1H3,(H,21,23)/t13-/m1/s1. The molecule has 1 saturated heterocycles. The highest BCUT2D eigenvalue weighted by Crippen LogP contribution is 2.24. The number of amides is 1. The van der Waals surface area contributed by atoms with Gasteiger partial charge in [-0.2, -0.15) is 0 Å². The Hall–Kier alpha value is -2.14. The Balaban J connectivity index is 1.69. The number of aromatic nitrogens is 2. The summed E-state index contributed by atoms with van der Waals surface area (Å²) in [6.45, 7) is 3.47. The molecule has 0 radical (unpaired) electrons. The fourth-order valence-electron chi connectivity index (χ4n) is 2.79. The third-order valence-electron chi connectivity index (χ3n) is 4.08. The van der Waals surface area contributed by atoms with Gasteiger partial charge < -0.3 is 10.2 Å². The van der Waals surface area contributed by atoms with Gasteiger partial charge in [0.1, 0.15) is 0 Å². The van der Waals surface area contributed by atoms with E-state index in [1.54, 1.807) is 24.5 Å². The van der Waals surface area contributed by atoms with E-state index in [0.29, 0.717) is 17.5 Å². The molecular formula is C17H19ClN4O. The second kappa shape index (κ2) is 6.96. The first-order valence-corrected chi connectivity index (χ1v) is 8.10. The van der Waals surface area contributed by atoms with Gasteiger partial charge in [0.25, 0.3) is 0 Å². The lowest BCUT2D eigenvalue weighted by molar-refractivity contribution is -0.120. The molecule has 1 atom stereocenters. The summed E-state index contributed by atoms with van der Waals surface area (Å²) < 4.78 is 0. The molecule has 0 aliphatic carbocycles. The molecule has 0 unspecified atom stereocenters. The molecule has 120 valence electrons. The van der Waals surface area contributed by atoms with Crippen molar-refractivity contribution in [2.45, 2.75) is 19.8 Å². The summed E-state index contributed by atoms with van der Waals surface area (Å²) in [4.78, 5) is 23.2. The summed E-state index contributed by atoms with van der Waals surface area (Å²) in [6.07, 6.45) is 5.27. The summed E-state index contributed by atoms with van der Waals surface area (Å²) in [5.74, 6) is 0.630. The molecule has 2 aromatic rings. The van der Waals surface area contributed by atoms with Crippen molar-refractivity contribution in [1.82, 2.24) is 9.97 Å². The Labute approximate surface area is 140 Å². The van der Waals surface area contributed by atoms with E-state index in [0.717, 1.165) is 30.6 Å². The minimum atomic E-state index is -0.0778. The second-order valence-corrected chi connectivity index (χ2v) is 6.22. The molecule has 0 saturated carbocycles. The largest absolute Gasteiger partial charge is 0.340 e. The Morgan fingerprint density at radius 1 is 1.35 bits per heavy atom. The van der Waals surface area contributed by atoms with Crippen LogP contribution in [0.3, 0.4) is 0 Å². The quantitative estimate of drug-likeness (QED) is 0.938. The average Bonchev–Trinajstić information content (AvgIpc) is 2.59. The summed E-state index contributed by atoms with van der Waals surface area (Å²) >= 11 is 6.01. The number of halogens is 1. The lowest BCUT2D eigenvalue weighted by Gasteiger charge is -2.32. The summed E-state index contributed by atoms with van der Waals surface area (Å²) in [7, 11) is 0. The van der Waals surface area contributed by atoms with Crippen LogP contribution in [-0.2, 0) is 4.79 Å². The van der Waals surface area contributed by atoms with E-state index in [2.05, 4.69) is 20.2 Å². The van der Waals surface area contributed by atoms with Gasteiger partial charge in [0.15, 0.2) is 0 Å². The molecule has 1 amide bonds. The smallest absolute Gasteiger partial charge is 0.229 e. The highest BCUT2D eigenvalue weighted by Gasteiger charge is 2.27. The lowest BCUT2D eigenvalue weighted by Crippen LogP contribution is -2.41. The zero-order chi connectivity index (χ0) is 16.2. The van der Waals surface area contributed by atoms with E-state index < -0.39 is 0 Å². The Bertz CT molecular complexity index is 692. The molecule has 3 rings (SSSR count). The van der Waals surface area contributed by atoms with Crippen molar-refractivity contribution in [3.05, 3.63) is 47.2 Å². The zero-order valence-corrected chi connectivity index (χ0v) is 13.8. The number of nitrogens with zero attached hydrogens (tertiary/aromatic N) is 3. The van der Waals surface area contributed by atoms with E-state index in [1.165, 1.54) is 0 Å². The van der Waals surface area contributed by atoms with E-state index in [1.807, 2.05) is 19.1 Å². The van der Waals surface area contributed by atoms with Gasteiger partial charge >= 0.3 is 0 Å². The molecule has 1 aromatic carbocycles. The molecule has 23 heavy (non-hydrogen) atoms. The number of nitrogens with one attached hydrogen (secondary N) is 1. The normalized spacial score (nSPS) is 17.8. The first kappa shape index (κ1) is 15.7. The van der Waals surface area contributed by atoms with Crippen molar-refractivity contribution in [2.75, 3.05) is 23.3 Å². The third kappa shape index (κ3) is 3.79. The Morgan fingerprint density at radius 3 is 2.91 bits per heavy atom. The van der Waals surface area contributed by atoms with Gasteiger partial charge in [-0.3, -0.25) is 4.79 Å². The van der Waals surface area contributed by atoms with Crippen molar-refractivity contribution < 1.29 is 4.79 Å². The van der Waals surface area contributed by atoms with E-state index >= 15 is 0 Å². The maximum Gasteiger partial charge on any atom is 0.229 e. The van der Waals surface area contributed by atoms with Crippen LogP contribution in [0.15, 0.2) is 36.7 Å². The first-order chi connectivity index (χ1) is 11.1. The number of aryl methyl sites for hydroxylation is 1. The number of rotatable bonds is 3. The number of hydrogen-bond acceptors (Lipinski definition) is 4. The Kier molecular flexibility index (Phi) is 4.76. The van der Waals surface area contributed by atoms with Gasteiger partial charge in [-0.25, -0.2) is 9.97 Å². The maximum atomic E-state index is 12.6. The highest BCUT2D eigenvalue weighted by atomic mass is 35.5. The number of hydrogen-bond donors (Lipinski definition) is 1. The minimum absolute atomic E-state index is 0.0241. The predicted octanol–water partition coefficient (Wildman–Crippen LogP) is 3.29. The zero-order valence-electron chi connectivity index (χ0n) is 13.0. The minimum Gasteiger partial charge on any atom is -0.340 e. The van der Waals surface area contributed by atoms with Crippen LogP contribution in [0.2, 0.25) is 5.02 Å². The molecular weight excluding hydrogens is 312 g/mol. The fraction of sp³-hybridized carbons (Fsp3) is 0.353. The van der Waals surface area contributed by atoms with Gasteiger partial charge in [-0.05, 0) is 43.5 Å². The second-order valence-electron chi connectivity index (χ2n) is 5.78. The molecule has 5 nitrogen and oxygen atoms in total. The van der Waals surface area contributed by atoms with E-state index in [-0.39, 0.29) is 11.8 Å². The molecule has 6 heteroatoms. The van der Waals surface area contributed by atoms with Gasteiger partial charge in [0, 0.05) is 36.2 Å². The van der Waals surface area contributed by atoms with Crippen LogP contribution >= 0.6 is 11.6 Å². The third-order valence-corrected chi connectivity index (χ3v) is 4.32. The first-order valence-electron chi connectivity index (χ1n) is 7.72. The average molecular weight is 331 g/mol. The van der Waals surface area contributed by atoms with Crippen molar-refractivity contribution in [3.8, 4) is 0 Å². The van der Waals surface area contributed by atoms with Gasteiger partial charge in [0.2, 0.25) is 11.9 Å². The number of anilines is 2. The maximum absolute atomic E-state index is 12.6. The van der Waals surface area contributed by atoms with Crippen LogP contribution in [-0.4, -0.2) is 29.0 Å². The van der Waals surface area contributed by atoms with E-state index in [9.17, 15) is 4.79 Å². The lowest BCUT2D eigenvalue weighted by atomic mass is 9.97. The van der Waals surface area contributed by atoms with Crippen LogP contribution in [0.25, 0.3) is 0 Å². The molecule has 1 aromatic heterocycles. The fourth-order valence-corrected chi connectivity index (χ4v) is 2.96. The van der Waals surface area contributed by atoms with Crippen molar-refractivity contribution in [3.63, 3.8) is 0 Å². The summed E-state index contributed by atoms with van der Waals surface area (Å²) in [5, 5.41) is 3.62. The van der Waals surface area contributed by atoms with Gasteiger partial charge in [-0.15, -0.1) is 0 Å². The van der Waals surface area contributed by atoms with Crippen LogP contribution in [0.5, 0.6) is 0 Å². The van der Waals surface area contributed by atoms with Crippen LogP contribution < -0.4 is 10.2 Å². The number of benzene rings is 1. The molecule has 0 bridgehead atoms. The van der Waals surface area contributed by atoms with Crippen molar-refractivity contribution in [1.29, 1.82) is 0 Å². The van der Waals surface area contributed by atoms with E-state index in [4.69, 9.17) is 11.6 Å². The van der Waals surface area contributed by atoms with Crippen LogP contribution in [0, 0.1) is 12.8 Å². The molecule has 0 spiro atoms. The number of carbonyl (C=O) groups excluding carboxylic acids is 1. The summed E-state index contributed by atoms with van der Waals surface area (Å²) in [6, 6.07) is 7.31. The van der Waals surface area contributed by atoms with Gasteiger partial charge in [-0.1, -0.05) is 17.7 Å². The number of carbonyl (C=O) groups is 1. The molecule has 1 aliphatic rings. The topological polar surface area (TPSA) is 58.1 Å². The van der Waals surface area contributed by atoms with Crippen LogP contribution in [0.4, 0.5) is 11.6 Å². The van der Waals surface area contributed by atoms with Gasteiger partial charge in [0.05, 0.1) is 5.92 Å². The Morgan fingerprint density at radius 2 is 2.13 bits per heavy atom. The monoisotopic (exact) mass is 330 g/mol. The molecule has 2 heterocycles. The molecule has 1 N–H and O–H groups in total. The molecule has 1 fully saturated rings. The van der Waals surface area contributed by atoms with Crippen molar-refractivity contribution in [2.24, 2.45) is 5.92 Å². The predicted molar refractivity (Wildman–Crippen MR) is 91.8 cm³/mol. The molecule has 1 aliphatic heterocycles. The van der Waals surface area contributed by atoms with Crippen molar-refractivity contribution >= 4 is 29.1 Å². The SMILES string of the molecule is Cc1ccc(Cl)cc1NC(=O)[C@@H]1CCCN(c2ncccn2)C1. The summed E-state index contributed by atoms with van der Waals surface area (Å²) in [5.41, 5.74) is 1.78. The number of piperidine rings is 1.